The van der Waals surface area contributed by atoms with Crippen molar-refractivity contribution in [1.82, 2.24) is 5.32 Å². The normalized spacial score (nSPS) is 13.1. The number of hydrogen-bond donors (Lipinski definition) is 2. The molecule has 3 aromatic rings. The third-order valence-corrected chi connectivity index (χ3v) is 5.21. The molecule has 0 aromatic heterocycles. The number of fused-ring (bicyclic) bond motifs is 1. The first-order valence-corrected chi connectivity index (χ1v) is 11.0. The zero-order valence-corrected chi connectivity index (χ0v) is 19.8. The molecule has 1 unspecified atom stereocenters. The molecule has 7 nitrogen and oxygen atoms in total. The van der Waals surface area contributed by atoms with Crippen molar-refractivity contribution in [2.75, 3.05) is 7.11 Å². The van der Waals surface area contributed by atoms with Crippen LogP contribution in [0.1, 0.15) is 48.3 Å². The maximum atomic E-state index is 13.0. The van der Waals surface area contributed by atoms with Gasteiger partial charge in [0, 0.05) is 12.0 Å². The van der Waals surface area contributed by atoms with Crippen molar-refractivity contribution in [3.8, 4) is 0 Å². The van der Waals surface area contributed by atoms with Crippen LogP contribution < -0.4 is 11.1 Å². The summed E-state index contributed by atoms with van der Waals surface area (Å²) in [5.41, 5.74) is 6.96. The summed E-state index contributed by atoms with van der Waals surface area (Å²) in [5.74, 6) is -1.62. The lowest BCUT2D eigenvalue weighted by atomic mass is 10.0. The highest BCUT2D eigenvalue weighted by Crippen LogP contribution is 2.19. The van der Waals surface area contributed by atoms with Crippen molar-refractivity contribution in [3.63, 3.8) is 0 Å². The largest absolute Gasteiger partial charge is 0.467 e. The van der Waals surface area contributed by atoms with Crippen LogP contribution in [0.3, 0.4) is 0 Å². The van der Waals surface area contributed by atoms with E-state index in [1.54, 1.807) is 39.0 Å². The van der Waals surface area contributed by atoms with Crippen LogP contribution in [0.15, 0.2) is 66.7 Å². The van der Waals surface area contributed by atoms with Gasteiger partial charge in [-0.25, -0.2) is 9.59 Å². The minimum Gasteiger partial charge on any atom is -0.467 e. The van der Waals surface area contributed by atoms with Crippen LogP contribution in [0, 0.1) is 0 Å². The molecule has 7 heteroatoms. The molecule has 0 heterocycles. The average molecular weight is 463 g/mol. The first kappa shape index (κ1) is 24.9. The van der Waals surface area contributed by atoms with E-state index in [2.05, 4.69) is 5.32 Å². The van der Waals surface area contributed by atoms with Crippen molar-refractivity contribution in [1.29, 1.82) is 0 Å². The number of methoxy groups -OCH3 is 1. The standard InChI is InChI=1S/C27H30N2O5/c1-27(2,3)34-26(32)23(28)20-10-7-11-21(16-20)24(30)29-22(25(31)33-4)15-17-12-13-18-8-5-6-9-19(18)14-17/h5-14,16,22-23H,15,28H2,1-4H3,(H,29,30)/t22-,23?/m1/s1. The van der Waals surface area contributed by atoms with Gasteiger partial charge >= 0.3 is 11.9 Å². The Balaban J connectivity index is 1.77. The quantitative estimate of drug-likeness (QED) is 0.519. The zero-order chi connectivity index (χ0) is 24.9. The Hall–Kier alpha value is -3.71. The van der Waals surface area contributed by atoms with Crippen LogP contribution >= 0.6 is 0 Å². The van der Waals surface area contributed by atoms with Crippen LogP contribution in [0.25, 0.3) is 10.8 Å². The van der Waals surface area contributed by atoms with Gasteiger partial charge in [-0.05, 0) is 54.8 Å². The molecule has 1 amide bonds. The second-order valence-corrected chi connectivity index (χ2v) is 9.07. The summed E-state index contributed by atoms with van der Waals surface area (Å²) >= 11 is 0. The van der Waals surface area contributed by atoms with Crippen molar-refractivity contribution < 1.29 is 23.9 Å². The topological polar surface area (TPSA) is 108 Å². The number of carbonyl (C=O) groups is 3. The van der Waals surface area contributed by atoms with Gasteiger partial charge < -0.3 is 20.5 Å². The summed E-state index contributed by atoms with van der Waals surface area (Å²) in [5, 5.41) is 4.87. The van der Waals surface area contributed by atoms with E-state index in [4.69, 9.17) is 15.2 Å². The van der Waals surface area contributed by atoms with E-state index in [9.17, 15) is 14.4 Å². The molecule has 0 radical (unpaired) electrons. The van der Waals surface area contributed by atoms with E-state index in [0.29, 0.717) is 5.56 Å². The number of hydrogen-bond acceptors (Lipinski definition) is 6. The molecule has 0 aliphatic rings. The number of rotatable bonds is 7. The van der Waals surface area contributed by atoms with Crippen molar-refractivity contribution >= 4 is 28.6 Å². The van der Waals surface area contributed by atoms with Gasteiger partial charge in [0.2, 0.25) is 0 Å². The summed E-state index contributed by atoms with van der Waals surface area (Å²) in [6.07, 6.45) is 0.264. The van der Waals surface area contributed by atoms with E-state index >= 15 is 0 Å². The summed E-state index contributed by atoms with van der Waals surface area (Å²) in [4.78, 5) is 37.7. The van der Waals surface area contributed by atoms with Gasteiger partial charge in [-0.3, -0.25) is 4.79 Å². The smallest absolute Gasteiger partial charge is 0.328 e. The minimum absolute atomic E-state index is 0.264. The van der Waals surface area contributed by atoms with Gasteiger partial charge in [-0.15, -0.1) is 0 Å². The monoisotopic (exact) mass is 462 g/mol. The van der Waals surface area contributed by atoms with E-state index in [-0.39, 0.29) is 12.0 Å². The molecule has 0 fully saturated rings. The third kappa shape index (κ3) is 6.42. The second-order valence-electron chi connectivity index (χ2n) is 9.07. The van der Waals surface area contributed by atoms with Gasteiger partial charge in [0.1, 0.15) is 17.7 Å². The molecule has 0 spiro atoms. The molecular formula is C27H30N2O5. The van der Waals surface area contributed by atoms with Crippen LogP contribution in [0.2, 0.25) is 0 Å². The van der Waals surface area contributed by atoms with Gasteiger partial charge in [0.15, 0.2) is 0 Å². The first-order valence-electron chi connectivity index (χ1n) is 11.0. The minimum atomic E-state index is -1.04. The Morgan fingerprint density at radius 1 is 0.912 bits per heavy atom. The predicted molar refractivity (Wildman–Crippen MR) is 130 cm³/mol. The summed E-state index contributed by atoms with van der Waals surface area (Å²) < 4.78 is 10.2. The molecule has 178 valence electrons. The molecule has 3 rings (SSSR count). The predicted octanol–water partition coefficient (Wildman–Crippen LogP) is 3.70. The van der Waals surface area contributed by atoms with E-state index < -0.39 is 35.5 Å². The lowest BCUT2D eigenvalue weighted by molar-refractivity contribution is -0.156. The summed E-state index contributed by atoms with van der Waals surface area (Å²) in [6.45, 7) is 5.26. The third-order valence-electron chi connectivity index (χ3n) is 5.21. The number of nitrogens with one attached hydrogen (secondary N) is 1. The number of nitrogens with two attached hydrogens (primary N) is 1. The Kier molecular flexibility index (Phi) is 7.68. The molecule has 0 bridgehead atoms. The maximum Gasteiger partial charge on any atom is 0.328 e. The second kappa shape index (κ2) is 10.5. The van der Waals surface area contributed by atoms with Crippen molar-refractivity contribution in [2.45, 2.75) is 44.9 Å². The highest BCUT2D eigenvalue weighted by Gasteiger charge is 2.26. The Morgan fingerprint density at radius 2 is 1.62 bits per heavy atom. The molecular weight excluding hydrogens is 432 g/mol. The lowest BCUT2D eigenvalue weighted by Crippen LogP contribution is -2.43. The first-order chi connectivity index (χ1) is 16.1. The molecule has 0 aliphatic heterocycles. The molecule has 0 saturated heterocycles. The van der Waals surface area contributed by atoms with Gasteiger partial charge in [-0.1, -0.05) is 54.6 Å². The number of esters is 2. The van der Waals surface area contributed by atoms with Gasteiger partial charge in [0.05, 0.1) is 7.11 Å². The number of ether oxygens (including phenoxy) is 2. The molecule has 0 aliphatic carbocycles. The Labute approximate surface area is 199 Å². The van der Waals surface area contributed by atoms with E-state index in [1.165, 1.54) is 13.2 Å². The summed E-state index contributed by atoms with van der Waals surface area (Å²) in [6, 6.07) is 18.2. The Bertz CT molecular complexity index is 1200. The van der Waals surface area contributed by atoms with Gasteiger partial charge in [-0.2, -0.15) is 0 Å². The highest BCUT2D eigenvalue weighted by atomic mass is 16.6. The molecule has 34 heavy (non-hydrogen) atoms. The fraction of sp³-hybridized carbons (Fsp3) is 0.296. The van der Waals surface area contributed by atoms with Crippen molar-refractivity contribution in [3.05, 3.63) is 83.4 Å². The highest BCUT2D eigenvalue weighted by molar-refractivity contribution is 5.97. The zero-order valence-electron chi connectivity index (χ0n) is 19.8. The Morgan fingerprint density at radius 3 is 2.29 bits per heavy atom. The lowest BCUT2D eigenvalue weighted by Gasteiger charge is -2.22. The summed E-state index contributed by atoms with van der Waals surface area (Å²) in [7, 11) is 1.28. The van der Waals surface area contributed by atoms with Crippen molar-refractivity contribution in [2.24, 2.45) is 5.73 Å². The van der Waals surface area contributed by atoms with Crippen LogP contribution in [-0.2, 0) is 25.5 Å². The van der Waals surface area contributed by atoms with E-state index in [0.717, 1.165) is 16.3 Å². The molecule has 3 N–H and O–H groups in total. The number of carbonyl (C=O) groups excluding carboxylic acids is 3. The number of benzene rings is 3. The number of amides is 1. The SMILES string of the molecule is COC(=O)[C@@H](Cc1ccc2ccccc2c1)NC(=O)c1cccc(C(N)C(=O)OC(C)(C)C)c1. The molecule has 0 saturated carbocycles. The van der Waals surface area contributed by atoms with Crippen LogP contribution in [0.5, 0.6) is 0 Å². The van der Waals surface area contributed by atoms with E-state index in [1.807, 2.05) is 42.5 Å². The fourth-order valence-electron chi connectivity index (χ4n) is 3.55. The fourth-order valence-corrected chi connectivity index (χ4v) is 3.55. The average Bonchev–Trinajstić information content (AvgIpc) is 2.81. The molecule has 3 aromatic carbocycles. The van der Waals surface area contributed by atoms with Crippen LogP contribution in [0.4, 0.5) is 0 Å². The maximum absolute atomic E-state index is 13.0. The van der Waals surface area contributed by atoms with Gasteiger partial charge in [0.25, 0.3) is 5.91 Å². The van der Waals surface area contributed by atoms with Crippen LogP contribution in [-0.4, -0.2) is 36.6 Å². The molecule has 2 atom stereocenters.